The zero-order valence-electron chi connectivity index (χ0n) is 16.8. The van der Waals surface area contributed by atoms with E-state index in [2.05, 4.69) is 44.5 Å². The highest BCUT2D eigenvalue weighted by Crippen LogP contribution is 2.47. The first-order valence-electron chi connectivity index (χ1n) is 9.65. The van der Waals surface area contributed by atoms with Crippen molar-refractivity contribution in [3.05, 3.63) is 34.6 Å². The fraction of sp³-hybridized carbons (Fsp3) is 0.650. The number of halogens is 2. The lowest BCUT2D eigenvalue weighted by Gasteiger charge is -2.39. The summed E-state index contributed by atoms with van der Waals surface area (Å²) in [6.07, 6.45) is 2.10. The predicted octanol–water partition coefficient (Wildman–Crippen LogP) is 4.34. The molecule has 0 bridgehead atoms. The Labute approximate surface area is 167 Å². The molecule has 0 radical (unpaired) electrons. The Bertz CT molecular complexity index is 731. The van der Waals surface area contributed by atoms with Gasteiger partial charge >= 0.3 is 0 Å². The van der Waals surface area contributed by atoms with E-state index in [4.69, 9.17) is 16.0 Å². The average molecular weight is 413 g/mol. The summed E-state index contributed by atoms with van der Waals surface area (Å²) in [5, 5.41) is 6.53. The molecular formula is C20H30ClFN2O2Si. The summed E-state index contributed by atoms with van der Waals surface area (Å²) in [5.41, 5.74) is -0.166. The van der Waals surface area contributed by atoms with Gasteiger partial charge in [-0.15, -0.1) is 0 Å². The van der Waals surface area contributed by atoms with Crippen molar-refractivity contribution in [2.24, 2.45) is 0 Å². The van der Waals surface area contributed by atoms with Gasteiger partial charge < -0.3 is 15.1 Å². The Kier molecular flexibility index (Phi) is 5.49. The quantitative estimate of drug-likeness (QED) is 0.707. The molecule has 2 fully saturated rings. The van der Waals surface area contributed by atoms with Crippen molar-refractivity contribution in [2.75, 3.05) is 6.54 Å². The van der Waals surface area contributed by atoms with Crippen LogP contribution in [0.2, 0.25) is 23.2 Å². The number of rotatable bonds is 5. The Morgan fingerprint density at radius 1 is 1.37 bits per heavy atom. The summed E-state index contributed by atoms with van der Waals surface area (Å²) in [4.78, 5) is 13.0. The molecule has 1 heterocycles. The van der Waals surface area contributed by atoms with Crippen molar-refractivity contribution in [2.45, 2.75) is 75.9 Å². The third-order valence-electron chi connectivity index (χ3n) is 6.28. The van der Waals surface area contributed by atoms with Crippen molar-refractivity contribution in [3.8, 4) is 0 Å². The average Bonchev–Trinajstić information content (AvgIpc) is 3.17. The van der Waals surface area contributed by atoms with E-state index in [1.54, 1.807) is 12.1 Å². The topological polar surface area (TPSA) is 50.4 Å². The van der Waals surface area contributed by atoms with Crippen LogP contribution in [0.3, 0.4) is 0 Å². The Morgan fingerprint density at radius 3 is 2.63 bits per heavy atom. The van der Waals surface area contributed by atoms with Crippen LogP contribution in [0.1, 0.15) is 45.6 Å². The SMILES string of the molecule is CC(C)(C)[Si](C)(C)OC1CCNC1C(=O)NC1(c2cccc(Cl)c2F)CC1. The number of hydrogen-bond acceptors (Lipinski definition) is 3. The monoisotopic (exact) mass is 412 g/mol. The Hall–Kier alpha value is -0.953. The highest BCUT2D eigenvalue weighted by Gasteiger charge is 2.50. The minimum absolute atomic E-state index is 0.0816. The highest BCUT2D eigenvalue weighted by atomic mass is 35.5. The summed E-state index contributed by atoms with van der Waals surface area (Å²) >= 11 is 5.93. The van der Waals surface area contributed by atoms with Gasteiger partial charge in [-0.25, -0.2) is 4.39 Å². The molecule has 1 amide bonds. The standard InChI is InChI=1S/C20H30ClFN2O2Si/c1-19(2,3)27(4,5)26-15-9-12-23-17(15)18(25)24-20(10-11-20)13-7-6-8-14(21)16(13)22/h6-8,15,17,23H,9-12H2,1-5H3,(H,24,25). The van der Waals surface area contributed by atoms with Crippen LogP contribution in [0, 0.1) is 5.82 Å². The second-order valence-electron chi connectivity index (χ2n) is 9.31. The van der Waals surface area contributed by atoms with Crippen molar-refractivity contribution >= 4 is 25.8 Å². The van der Waals surface area contributed by atoms with Gasteiger partial charge in [0.1, 0.15) is 11.9 Å². The van der Waals surface area contributed by atoms with Crippen LogP contribution in [-0.2, 0) is 14.8 Å². The van der Waals surface area contributed by atoms with E-state index in [1.165, 1.54) is 6.07 Å². The fourth-order valence-corrected chi connectivity index (χ4v) is 4.94. The van der Waals surface area contributed by atoms with Gasteiger partial charge in [-0.05, 0) is 50.0 Å². The Morgan fingerprint density at radius 2 is 2.04 bits per heavy atom. The van der Waals surface area contributed by atoms with Crippen LogP contribution in [0.4, 0.5) is 4.39 Å². The first-order chi connectivity index (χ1) is 12.5. The third kappa shape index (κ3) is 4.09. The van der Waals surface area contributed by atoms with E-state index < -0.39 is 25.7 Å². The summed E-state index contributed by atoms with van der Waals surface area (Å²) in [7, 11) is -1.98. The van der Waals surface area contributed by atoms with Gasteiger partial charge in [-0.3, -0.25) is 4.79 Å². The van der Waals surface area contributed by atoms with Crippen LogP contribution in [0.25, 0.3) is 0 Å². The molecule has 2 N–H and O–H groups in total. The van der Waals surface area contributed by atoms with Crippen LogP contribution < -0.4 is 10.6 Å². The molecule has 2 unspecified atom stereocenters. The lowest BCUT2D eigenvalue weighted by atomic mass is 10.0. The van der Waals surface area contributed by atoms with Gasteiger partial charge in [0.15, 0.2) is 8.32 Å². The molecule has 1 aromatic rings. The van der Waals surface area contributed by atoms with E-state index in [9.17, 15) is 9.18 Å². The molecular weight excluding hydrogens is 383 g/mol. The highest BCUT2D eigenvalue weighted by molar-refractivity contribution is 6.74. The molecule has 0 aromatic heterocycles. The lowest BCUT2D eigenvalue weighted by Crippen LogP contribution is -2.53. The molecule has 1 saturated carbocycles. The molecule has 7 heteroatoms. The molecule has 1 aliphatic carbocycles. The zero-order valence-corrected chi connectivity index (χ0v) is 18.5. The van der Waals surface area contributed by atoms with Crippen molar-refractivity contribution < 1.29 is 13.6 Å². The molecule has 4 nitrogen and oxygen atoms in total. The number of carbonyl (C=O) groups excluding carboxylic acids is 1. The molecule has 2 atom stereocenters. The maximum atomic E-state index is 14.5. The summed E-state index contributed by atoms with van der Waals surface area (Å²) in [6.45, 7) is 11.7. The number of hydrogen-bond donors (Lipinski definition) is 2. The number of amides is 1. The molecule has 1 aromatic carbocycles. The molecule has 150 valence electrons. The molecule has 3 rings (SSSR count). The number of benzene rings is 1. The third-order valence-corrected chi connectivity index (χ3v) is 11.1. The Balaban J connectivity index is 1.73. The first kappa shape index (κ1) is 20.8. The van der Waals surface area contributed by atoms with Crippen molar-refractivity contribution in [3.63, 3.8) is 0 Å². The molecule has 27 heavy (non-hydrogen) atoms. The van der Waals surface area contributed by atoms with Gasteiger partial charge in [-0.1, -0.05) is 44.5 Å². The largest absolute Gasteiger partial charge is 0.412 e. The van der Waals surface area contributed by atoms with E-state index in [1.807, 2.05) is 0 Å². The van der Waals surface area contributed by atoms with Gasteiger partial charge in [0.25, 0.3) is 0 Å². The summed E-state index contributed by atoms with van der Waals surface area (Å²) < 4.78 is 21.0. The normalized spacial score (nSPS) is 24.7. The minimum atomic E-state index is -1.98. The number of nitrogens with one attached hydrogen (secondary N) is 2. The second kappa shape index (κ2) is 7.14. The molecule has 0 spiro atoms. The van der Waals surface area contributed by atoms with Gasteiger partial charge in [-0.2, -0.15) is 0 Å². The van der Waals surface area contributed by atoms with Crippen molar-refractivity contribution in [1.82, 2.24) is 10.6 Å². The maximum Gasteiger partial charge on any atom is 0.240 e. The zero-order chi connectivity index (χ0) is 20.0. The van der Waals surface area contributed by atoms with Gasteiger partial charge in [0.05, 0.1) is 16.7 Å². The van der Waals surface area contributed by atoms with Gasteiger partial charge in [0, 0.05) is 5.56 Å². The predicted molar refractivity (Wildman–Crippen MR) is 109 cm³/mol. The van der Waals surface area contributed by atoms with Crippen LogP contribution in [0.5, 0.6) is 0 Å². The molecule has 2 aliphatic rings. The van der Waals surface area contributed by atoms with Crippen molar-refractivity contribution in [1.29, 1.82) is 0 Å². The van der Waals surface area contributed by atoms with E-state index in [0.717, 1.165) is 25.8 Å². The van der Waals surface area contributed by atoms with Crippen LogP contribution >= 0.6 is 11.6 Å². The first-order valence-corrected chi connectivity index (χ1v) is 12.9. The fourth-order valence-electron chi connectivity index (χ4n) is 3.40. The van der Waals surface area contributed by atoms with Gasteiger partial charge in [0.2, 0.25) is 5.91 Å². The minimum Gasteiger partial charge on any atom is -0.412 e. The van der Waals surface area contributed by atoms with Crippen LogP contribution in [0.15, 0.2) is 18.2 Å². The number of carbonyl (C=O) groups is 1. The summed E-state index contributed by atoms with van der Waals surface area (Å²) in [6, 6.07) is 4.56. The second-order valence-corrected chi connectivity index (χ2v) is 14.5. The van der Waals surface area contributed by atoms with E-state index >= 15 is 0 Å². The summed E-state index contributed by atoms with van der Waals surface area (Å²) in [5.74, 6) is -0.557. The van der Waals surface area contributed by atoms with E-state index in [0.29, 0.717) is 5.56 Å². The molecule has 1 saturated heterocycles. The van der Waals surface area contributed by atoms with E-state index in [-0.39, 0.29) is 22.1 Å². The maximum absolute atomic E-state index is 14.5. The smallest absolute Gasteiger partial charge is 0.240 e. The van der Waals surface area contributed by atoms with Crippen LogP contribution in [-0.4, -0.2) is 32.9 Å². The molecule has 1 aliphatic heterocycles. The lowest BCUT2D eigenvalue weighted by molar-refractivity contribution is -0.125.